The van der Waals surface area contributed by atoms with Crippen LogP contribution in [0.15, 0.2) is 11.6 Å². The molecule has 2 bridgehead atoms. The van der Waals surface area contributed by atoms with Crippen LogP contribution in [-0.4, -0.2) is 29.9 Å². The number of Topliss-reactive ketones (excluding diaryl/α,β-unsaturated/α-hetero) is 1. The van der Waals surface area contributed by atoms with E-state index in [1.807, 2.05) is 0 Å². The molecule has 0 aromatic rings. The summed E-state index contributed by atoms with van der Waals surface area (Å²) in [6.45, 7) is 3.03. The number of alkyl halides is 1. The molecule has 2 aliphatic carbocycles. The lowest BCUT2D eigenvalue weighted by atomic mass is 9.71. The molecule has 130 valence electrons. The zero-order chi connectivity index (χ0) is 17.4. The van der Waals surface area contributed by atoms with Crippen LogP contribution in [0.5, 0.6) is 0 Å². The average Bonchev–Trinajstić information content (AvgIpc) is 2.34. The van der Waals surface area contributed by atoms with Gasteiger partial charge in [-0.2, -0.15) is 12.8 Å². The van der Waals surface area contributed by atoms with Crippen LogP contribution < -0.4 is 0 Å². The third-order valence-electron chi connectivity index (χ3n) is 4.33. The topological polar surface area (TPSA) is 97.7 Å². The summed E-state index contributed by atoms with van der Waals surface area (Å²) in [5, 5.41) is -3.72. The van der Waals surface area contributed by atoms with Crippen LogP contribution in [0.25, 0.3) is 0 Å². The third-order valence-corrected chi connectivity index (χ3v) is 5.33. The van der Waals surface area contributed by atoms with Crippen LogP contribution in [0.4, 0.5) is 4.39 Å². The van der Waals surface area contributed by atoms with Crippen molar-refractivity contribution in [2.45, 2.75) is 51.1 Å². The first kappa shape index (κ1) is 18.1. The molecule has 0 heterocycles. The highest BCUT2D eigenvalue weighted by atomic mass is 32.2. The molecular weight excluding hydrogens is 327 g/mol. The van der Waals surface area contributed by atoms with Crippen LogP contribution in [-0.2, 0) is 24.4 Å². The number of fused-ring (bicyclic) bond motifs is 2. The highest BCUT2D eigenvalue weighted by Crippen LogP contribution is 2.42. The van der Waals surface area contributed by atoms with E-state index in [2.05, 4.69) is 17.7 Å². The number of rotatable bonds is 5. The summed E-state index contributed by atoms with van der Waals surface area (Å²) in [5.74, 6) is -1.83. The summed E-state index contributed by atoms with van der Waals surface area (Å²) in [4.78, 5) is 23.2. The largest absolute Gasteiger partial charge is 0.412 e. The Kier molecular flexibility index (Phi) is 4.96. The Balaban J connectivity index is 2.14. The molecular formula is C15H21FO6S. The predicted octanol–water partition coefficient (Wildman–Crippen LogP) is 2.40. The fourth-order valence-electron chi connectivity index (χ4n) is 3.54. The van der Waals surface area contributed by atoms with E-state index in [0.717, 1.165) is 25.3 Å². The lowest BCUT2D eigenvalue weighted by molar-refractivity contribution is -0.173. The van der Waals surface area contributed by atoms with Gasteiger partial charge in [-0.05, 0) is 44.4 Å². The molecule has 1 fully saturated rings. The van der Waals surface area contributed by atoms with Gasteiger partial charge in [0.1, 0.15) is 5.78 Å². The van der Waals surface area contributed by atoms with Gasteiger partial charge in [-0.25, -0.2) is 0 Å². The minimum atomic E-state index is -5.37. The number of ketones is 1. The monoisotopic (exact) mass is 348 g/mol. The summed E-state index contributed by atoms with van der Waals surface area (Å²) in [5.41, 5.74) is 1.09. The van der Waals surface area contributed by atoms with Gasteiger partial charge in [-0.3, -0.25) is 14.1 Å². The first-order chi connectivity index (χ1) is 10.5. The second-order valence-electron chi connectivity index (χ2n) is 6.68. The molecule has 0 aromatic heterocycles. The Morgan fingerprint density at radius 1 is 1.39 bits per heavy atom. The van der Waals surface area contributed by atoms with Crippen molar-refractivity contribution >= 4 is 21.9 Å². The average molecular weight is 348 g/mol. The molecule has 0 saturated heterocycles. The van der Waals surface area contributed by atoms with E-state index in [1.54, 1.807) is 0 Å². The highest BCUT2D eigenvalue weighted by Gasteiger charge is 2.50. The number of hydrogen-bond acceptors (Lipinski definition) is 5. The molecule has 4 unspecified atom stereocenters. The van der Waals surface area contributed by atoms with Crippen LogP contribution >= 0.6 is 0 Å². The van der Waals surface area contributed by atoms with Crippen molar-refractivity contribution in [3.63, 3.8) is 0 Å². The maximum Gasteiger partial charge on any atom is 0.383 e. The first-order valence-corrected chi connectivity index (χ1v) is 9.02. The Bertz CT molecular complexity index is 640. The maximum atomic E-state index is 14.4. The van der Waals surface area contributed by atoms with Gasteiger partial charge in [0.15, 0.2) is 0 Å². The van der Waals surface area contributed by atoms with E-state index in [-0.39, 0.29) is 5.92 Å². The van der Waals surface area contributed by atoms with Crippen LogP contribution in [0, 0.1) is 17.8 Å². The smallest absolute Gasteiger partial charge is 0.383 e. The quantitative estimate of drug-likeness (QED) is 0.465. The lowest BCUT2D eigenvalue weighted by Gasteiger charge is -2.36. The minimum Gasteiger partial charge on any atom is -0.412 e. The van der Waals surface area contributed by atoms with E-state index >= 15 is 0 Å². The zero-order valence-electron chi connectivity index (χ0n) is 13.1. The third kappa shape index (κ3) is 4.17. The number of ether oxygens (including phenoxy) is 1. The van der Waals surface area contributed by atoms with Crippen molar-refractivity contribution < 1.29 is 31.7 Å². The molecule has 1 N–H and O–H groups in total. The minimum absolute atomic E-state index is 0.281. The standard InChI is InChI=1S/C15H21FO6S/c1-9-3-11-5-12(4-9)7-13(6-11)14(18)22-15(16,8-10(2)17)23(19,20)21/h3,9,12-13H,4-8H2,1-2H3,(H,19,20,21). The second-order valence-corrected chi connectivity index (χ2v) is 8.24. The van der Waals surface area contributed by atoms with Gasteiger partial charge in [-0.1, -0.05) is 18.6 Å². The fourth-order valence-corrected chi connectivity index (χ4v) is 4.11. The van der Waals surface area contributed by atoms with Crippen molar-refractivity contribution in [1.29, 1.82) is 0 Å². The van der Waals surface area contributed by atoms with Crippen molar-refractivity contribution in [3.05, 3.63) is 11.6 Å². The molecule has 8 heteroatoms. The van der Waals surface area contributed by atoms with Gasteiger partial charge >= 0.3 is 21.3 Å². The van der Waals surface area contributed by atoms with E-state index in [4.69, 9.17) is 4.55 Å². The summed E-state index contributed by atoms with van der Waals surface area (Å²) in [7, 11) is -5.37. The Morgan fingerprint density at radius 3 is 2.57 bits per heavy atom. The van der Waals surface area contributed by atoms with E-state index in [0.29, 0.717) is 18.8 Å². The molecule has 4 atom stereocenters. The maximum absolute atomic E-state index is 14.4. The van der Waals surface area contributed by atoms with Crippen LogP contribution in [0.1, 0.15) is 46.0 Å². The fraction of sp³-hybridized carbons (Fsp3) is 0.733. The molecule has 1 saturated carbocycles. The zero-order valence-corrected chi connectivity index (χ0v) is 13.9. The van der Waals surface area contributed by atoms with Crippen LogP contribution in [0.2, 0.25) is 0 Å². The van der Waals surface area contributed by atoms with Crippen molar-refractivity contribution in [3.8, 4) is 0 Å². The Labute approximate surface area is 134 Å². The van der Waals surface area contributed by atoms with E-state index < -0.39 is 39.4 Å². The molecule has 0 radical (unpaired) electrons. The molecule has 2 rings (SSSR count). The molecule has 6 nitrogen and oxygen atoms in total. The summed E-state index contributed by atoms with van der Waals surface area (Å²) < 4.78 is 50.2. The first-order valence-electron chi connectivity index (χ1n) is 7.58. The van der Waals surface area contributed by atoms with Crippen molar-refractivity contribution in [1.82, 2.24) is 0 Å². The lowest BCUT2D eigenvalue weighted by Crippen LogP contribution is -2.42. The molecule has 0 amide bonds. The Morgan fingerprint density at radius 2 is 2.04 bits per heavy atom. The van der Waals surface area contributed by atoms with Crippen LogP contribution in [0.3, 0.4) is 0 Å². The summed E-state index contributed by atoms with van der Waals surface area (Å²) in [6, 6.07) is 0. The van der Waals surface area contributed by atoms with Crippen molar-refractivity contribution in [2.24, 2.45) is 17.8 Å². The molecule has 2 aliphatic rings. The van der Waals surface area contributed by atoms with Gasteiger partial charge in [0.25, 0.3) is 0 Å². The predicted molar refractivity (Wildman–Crippen MR) is 79.5 cm³/mol. The highest BCUT2D eigenvalue weighted by molar-refractivity contribution is 7.86. The number of hydrogen-bond donors (Lipinski definition) is 1. The number of halogens is 1. The normalized spacial score (nSPS) is 30.1. The van der Waals surface area contributed by atoms with Gasteiger partial charge in [-0.15, -0.1) is 0 Å². The number of allylic oxidation sites excluding steroid dienone is 2. The molecule has 0 spiro atoms. The summed E-state index contributed by atoms with van der Waals surface area (Å²) in [6.07, 6.45) is 3.54. The van der Waals surface area contributed by atoms with Crippen molar-refractivity contribution in [2.75, 3.05) is 0 Å². The summed E-state index contributed by atoms with van der Waals surface area (Å²) >= 11 is 0. The van der Waals surface area contributed by atoms with Gasteiger partial charge in [0.05, 0.1) is 12.3 Å². The van der Waals surface area contributed by atoms with Gasteiger partial charge in [0.2, 0.25) is 0 Å². The SMILES string of the molecule is CC(=O)CC(F)(OC(=O)C1CC2=CC(C)CC(C2)C1)S(=O)(=O)O. The molecule has 0 aliphatic heterocycles. The molecule has 23 heavy (non-hydrogen) atoms. The second kappa shape index (κ2) is 6.32. The van der Waals surface area contributed by atoms with E-state index in [9.17, 15) is 22.4 Å². The van der Waals surface area contributed by atoms with Gasteiger partial charge in [0, 0.05) is 0 Å². The number of esters is 1. The van der Waals surface area contributed by atoms with Gasteiger partial charge < -0.3 is 4.74 Å². The number of carbonyl (C=O) groups is 2. The molecule has 0 aromatic carbocycles. The van der Waals surface area contributed by atoms with E-state index in [1.165, 1.54) is 0 Å². The Hall–Kier alpha value is -1.28. The number of carbonyl (C=O) groups excluding carboxylic acids is 2.